The highest BCUT2D eigenvalue weighted by Gasteiger charge is 2.36. The number of hydrogen-bond donors (Lipinski definition) is 3. The number of rotatable bonds is 8. The molecule has 3 rings (SSSR count). The van der Waals surface area contributed by atoms with Gasteiger partial charge in [0.15, 0.2) is 0 Å². The van der Waals surface area contributed by atoms with Gasteiger partial charge in [0.2, 0.25) is 0 Å². The molecule has 34 heavy (non-hydrogen) atoms. The second kappa shape index (κ2) is 10.5. The number of ether oxygens (including phenoxy) is 1. The maximum atomic E-state index is 13.9. The lowest BCUT2D eigenvalue weighted by molar-refractivity contribution is -0.137. The van der Waals surface area contributed by atoms with Crippen LogP contribution in [0.25, 0.3) is 10.8 Å². The van der Waals surface area contributed by atoms with Crippen molar-refractivity contribution in [1.82, 2.24) is 5.32 Å². The summed E-state index contributed by atoms with van der Waals surface area (Å²) in [5.41, 5.74) is -0.373. The van der Waals surface area contributed by atoms with Crippen molar-refractivity contribution >= 4 is 47.5 Å². The van der Waals surface area contributed by atoms with E-state index in [4.69, 9.17) is 37.7 Å². The molecule has 0 atom stereocenters. The fraction of sp³-hybridized carbons (Fsp3) is 0.227. The van der Waals surface area contributed by atoms with Crippen molar-refractivity contribution in [3.05, 3.63) is 75.3 Å². The molecule has 3 aromatic carbocycles. The molecular formula is C22H19Cl2F3NO5P. The zero-order valence-electron chi connectivity index (χ0n) is 17.4. The number of nitrogens with one attached hydrogen (secondary N) is 1. The highest BCUT2D eigenvalue weighted by Crippen LogP contribution is 2.42. The summed E-state index contributed by atoms with van der Waals surface area (Å²) in [6, 6.07) is 10.9. The van der Waals surface area contributed by atoms with Gasteiger partial charge in [0.1, 0.15) is 17.9 Å². The Morgan fingerprint density at radius 3 is 2.32 bits per heavy atom. The Labute approximate surface area is 202 Å². The van der Waals surface area contributed by atoms with Crippen molar-refractivity contribution in [1.29, 1.82) is 0 Å². The average Bonchev–Trinajstić information content (AvgIpc) is 2.72. The molecule has 0 heterocycles. The number of halogens is 5. The standard InChI is InChI=1S/C22H19Cl2F3NO5P/c23-16-8-13(9-17(24)11-16)12-33-19-5-3-14-10-15(2-4-18(14)20(19)22(25,26)27)21(29)28-6-1-7-34(30,31)32/h2-5,8-11H,1,6-7,12H2,(H,28,29)(H2,30,31,32). The number of alkyl halides is 3. The molecular weight excluding hydrogens is 517 g/mol. The Bertz CT molecular complexity index is 1240. The van der Waals surface area contributed by atoms with Gasteiger partial charge in [-0.2, -0.15) is 13.2 Å². The van der Waals surface area contributed by atoms with E-state index in [1.165, 1.54) is 48.5 Å². The Morgan fingerprint density at radius 1 is 1.03 bits per heavy atom. The third kappa shape index (κ3) is 7.10. The van der Waals surface area contributed by atoms with E-state index in [2.05, 4.69) is 5.32 Å². The van der Waals surface area contributed by atoms with Gasteiger partial charge in [-0.05, 0) is 59.2 Å². The maximum absolute atomic E-state index is 13.9. The highest BCUT2D eigenvalue weighted by atomic mass is 35.5. The van der Waals surface area contributed by atoms with E-state index >= 15 is 0 Å². The zero-order valence-corrected chi connectivity index (χ0v) is 19.8. The predicted octanol–water partition coefficient (Wildman–Crippen LogP) is 6.04. The summed E-state index contributed by atoms with van der Waals surface area (Å²) < 4.78 is 58.1. The fourth-order valence-electron chi connectivity index (χ4n) is 3.31. The minimum Gasteiger partial charge on any atom is -0.488 e. The minimum absolute atomic E-state index is 0.01000. The van der Waals surface area contributed by atoms with Crippen molar-refractivity contribution in [2.45, 2.75) is 19.2 Å². The molecule has 0 aliphatic rings. The van der Waals surface area contributed by atoms with Crippen LogP contribution in [0.5, 0.6) is 5.75 Å². The number of carbonyl (C=O) groups excluding carboxylic acids is 1. The first-order chi connectivity index (χ1) is 15.8. The zero-order chi connectivity index (χ0) is 25.1. The first kappa shape index (κ1) is 26.3. The summed E-state index contributed by atoms with van der Waals surface area (Å²) in [7, 11) is -4.17. The number of hydrogen-bond acceptors (Lipinski definition) is 3. The minimum atomic E-state index is -4.73. The molecule has 0 spiro atoms. The summed E-state index contributed by atoms with van der Waals surface area (Å²) in [5, 5.41) is 3.17. The van der Waals surface area contributed by atoms with Gasteiger partial charge in [-0.25, -0.2) is 0 Å². The Morgan fingerprint density at radius 2 is 1.71 bits per heavy atom. The topological polar surface area (TPSA) is 95.9 Å². The molecule has 0 aliphatic heterocycles. The van der Waals surface area contributed by atoms with Gasteiger partial charge in [-0.15, -0.1) is 0 Å². The van der Waals surface area contributed by atoms with E-state index in [1.54, 1.807) is 0 Å². The first-order valence-electron chi connectivity index (χ1n) is 9.88. The quantitative estimate of drug-likeness (QED) is 0.241. The summed E-state index contributed by atoms with van der Waals surface area (Å²) >= 11 is 11.9. The summed E-state index contributed by atoms with van der Waals surface area (Å²) in [6.07, 6.45) is -5.06. The Balaban J connectivity index is 1.84. The third-order valence-corrected chi connectivity index (χ3v) is 6.09. The van der Waals surface area contributed by atoms with Crippen LogP contribution in [0.15, 0.2) is 48.5 Å². The van der Waals surface area contributed by atoms with E-state index in [0.29, 0.717) is 15.6 Å². The monoisotopic (exact) mass is 535 g/mol. The van der Waals surface area contributed by atoms with Crippen LogP contribution in [-0.4, -0.2) is 28.4 Å². The second-order valence-corrected chi connectivity index (χ2v) is 10.1. The van der Waals surface area contributed by atoms with Gasteiger partial charge in [0, 0.05) is 22.2 Å². The smallest absolute Gasteiger partial charge is 0.420 e. The van der Waals surface area contributed by atoms with Gasteiger partial charge in [0.25, 0.3) is 5.91 Å². The second-order valence-electron chi connectivity index (χ2n) is 7.44. The number of fused-ring (bicyclic) bond motifs is 1. The van der Waals surface area contributed by atoms with Crippen LogP contribution < -0.4 is 10.1 Å². The molecule has 6 nitrogen and oxygen atoms in total. The van der Waals surface area contributed by atoms with Gasteiger partial charge in [0.05, 0.1) is 6.16 Å². The lowest BCUT2D eigenvalue weighted by Gasteiger charge is -2.17. The predicted molar refractivity (Wildman–Crippen MR) is 124 cm³/mol. The molecule has 0 saturated carbocycles. The van der Waals surface area contributed by atoms with Gasteiger partial charge in [-0.1, -0.05) is 35.3 Å². The molecule has 0 aliphatic carbocycles. The number of carbonyl (C=O) groups is 1. The van der Waals surface area contributed by atoms with Crippen molar-refractivity contribution in [3.8, 4) is 5.75 Å². The van der Waals surface area contributed by atoms with Gasteiger partial charge < -0.3 is 19.8 Å². The van der Waals surface area contributed by atoms with Gasteiger partial charge in [-0.3, -0.25) is 9.36 Å². The lowest BCUT2D eigenvalue weighted by Crippen LogP contribution is -2.25. The van der Waals surface area contributed by atoms with E-state index in [0.717, 1.165) is 0 Å². The third-order valence-electron chi connectivity index (χ3n) is 4.76. The first-order valence-corrected chi connectivity index (χ1v) is 12.4. The van der Waals surface area contributed by atoms with Crippen LogP contribution in [0.4, 0.5) is 13.2 Å². The molecule has 0 saturated heterocycles. The molecule has 0 radical (unpaired) electrons. The normalized spacial score (nSPS) is 12.1. The van der Waals surface area contributed by atoms with Crippen molar-refractivity contribution in [3.63, 3.8) is 0 Å². The molecule has 12 heteroatoms. The number of amides is 1. The molecule has 182 valence electrons. The Hall–Kier alpha value is -2.29. The maximum Gasteiger partial charge on any atom is 0.420 e. The van der Waals surface area contributed by atoms with Crippen molar-refractivity contribution < 1.29 is 37.1 Å². The average molecular weight is 536 g/mol. The van der Waals surface area contributed by atoms with E-state index < -0.39 is 25.2 Å². The van der Waals surface area contributed by atoms with Crippen molar-refractivity contribution in [2.24, 2.45) is 0 Å². The van der Waals surface area contributed by atoms with Crippen molar-refractivity contribution in [2.75, 3.05) is 12.7 Å². The Kier molecular flexibility index (Phi) is 8.16. The summed E-state index contributed by atoms with van der Waals surface area (Å²) in [6.45, 7) is -0.181. The summed E-state index contributed by atoms with van der Waals surface area (Å²) in [5.74, 6) is -0.954. The lowest BCUT2D eigenvalue weighted by atomic mass is 10.0. The van der Waals surface area contributed by atoms with E-state index in [1.807, 2.05) is 0 Å². The SMILES string of the molecule is O=C(NCCCP(=O)(O)O)c1ccc2c(C(F)(F)F)c(OCc3cc(Cl)cc(Cl)c3)ccc2c1. The van der Waals surface area contributed by atoms with Crippen LogP contribution in [0.3, 0.4) is 0 Å². The molecule has 1 amide bonds. The summed E-state index contributed by atoms with van der Waals surface area (Å²) in [4.78, 5) is 30.0. The van der Waals surface area contributed by atoms with Crippen LogP contribution >= 0.6 is 30.8 Å². The molecule has 0 fully saturated rings. The van der Waals surface area contributed by atoms with E-state index in [9.17, 15) is 22.5 Å². The van der Waals surface area contributed by atoms with E-state index in [-0.39, 0.29) is 47.8 Å². The van der Waals surface area contributed by atoms with Crippen LogP contribution in [0.2, 0.25) is 10.0 Å². The van der Waals surface area contributed by atoms with Gasteiger partial charge >= 0.3 is 13.8 Å². The van der Waals surface area contributed by atoms with Crippen LogP contribution in [-0.2, 0) is 17.3 Å². The molecule has 3 N–H and O–H groups in total. The van der Waals surface area contributed by atoms with Crippen LogP contribution in [0, 0.1) is 0 Å². The van der Waals surface area contributed by atoms with Crippen LogP contribution in [0.1, 0.15) is 27.9 Å². The molecule has 0 aromatic heterocycles. The molecule has 0 unspecified atom stereocenters. The fourth-order valence-corrected chi connectivity index (χ4v) is 4.45. The number of benzene rings is 3. The largest absolute Gasteiger partial charge is 0.488 e. The molecule has 3 aromatic rings. The molecule has 0 bridgehead atoms. The highest BCUT2D eigenvalue weighted by molar-refractivity contribution is 7.51.